The van der Waals surface area contributed by atoms with Crippen molar-refractivity contribution in [2.75, 3.05) is 27.2 Å². The van der Waals surface area contributed by atoms with Crippen molar-refractivity contribution in [3.05, 3.63) is 60.2 Å². The molecule has 5 nitrogen and oxygen atoms in total. The van der Waals surface area contributed by atoms with Crippen molar-refractivity contribution in [3.8, 4) is 11.5 Å². The third-order valence-electron chi connectivity index (χ3n) is 3.69. The fraction of sp³-hybridized carbons (Fsp3) is 0.316. The zero-order chi connectivity index (χ0) is 17.4. The maximum Gasteiger partial charge on any atom is 0.317 e. The van der Waals surface area contributed by atoms with Gasteiger partial charge >= 0.3 is 5.97 Å². The van der Waals surface area contributed by atoms with E-state index in [2.05, 4.69) is 0 Å². The van der Waals surface area contributed by atoms with E-state index in [0.717, 1.165) is 5.56 Å². The van der Waals surface area contributed by atoms with Gasteiger partial charge in [-0.25, -0.2) is 0 Å². The van der Waals surface area contributed by atoms with E-state index in [1.54, 1.807) is 19.1 Å². The summed E-state index contributed by atoms with van der Waals surface area (Å²) >= 11 is 0. The molecule has 0 aliphatic heterocycles. The number of carboxylic acid groups (broad SMARTS) is 1. The molecule has 0 aliphatic rings. The van der Waals surface area contributed by atoms with Gasteiger partial charge in [-0.05, 0) is 24.7 Å². The van der Waals surface area contributed by atoms with Gasteiger partial charge in [-0.1, -0.05) is 42.5 Å². The van der Waals surface area contributed by atoms with Crippen LogP contribution < -0.4 is 9.47 Å². The van der Waals surface area contributed by atoms with Crippen molar-refractivity contribution in [3.63, 3.8) is 0 Å². The monoisotopic (exact) mass is 329 g/mol. The smallest absolute Gasteiger partial charge is 0.317 e. The summed E-state index contributed by atoms with van der Waals surface area (Å²) in [6, 6.07) is 17.4. The molecular weight excluding hydrogens is 306 g/mol. The van der Waals surface area contributed by atoms with Crippen LogP contribution in [0.2, 0.25) is 0 Å². The fourth-order valence-electron chi connectivity index (χ4n) is 2.48. The lowest BCUT2D eigenvalue weighted by Crippen LogP contribution is -2.28. The molecule has 0 fully saturated rings. The Hall–Kier alpha value is -2.53. The molecule has 0 spiro atoms. The van der Waals surface area contributed by atoms with Crippen LogP contribution >= 0.6 is 0 Å². The Kier molecular flexibility index (Phi) is 6.63. The molecule has 2 rings (SSSR count). The van der Waals surface area contributed by atoms with Crippen molar-refractivity contribution in [1.82, 2.24) is 4.90 Å². The number of ether oxygens (including phenoxy) is 2. The minimum Gasteiger partial charge on any atom is -0.493 e. The van der Waals surface area contributed by atoms with Crippen molar-refractivity contribution >= 4 is 5.97 Å². The molecule has 1 N–H and O–H groups in total. The average Bonchev–Trinajstić information content (AvgIpc) is 2.59. The minimum atomic E-state index is -0.834. The SMILES string of the molecule is COc1ccccc1OC(CCN(C)CC(=O)O)c1ccccc1. The highest BCUT2D eigenvalue weighted by molar-refractivity contribution is 5.68. The van der Waals surface area contributed by atoms with Gasteiger partial charge in [0.25, 0.3) is 0 Å². The lowest BCUT2D eigenvalue weighted by molar-refractivity contribution is -0.138. The first-order valence-corrected chi connectivity index (χ1v) is 7.85. The van der Waals surface area contributed by atoms with Crippen LogP contribution in [-0.2, 0) is 4.79 Å². The third kappa shape index (κ3) is 5.28. The molecule has 5 heteroatoms. The molecule has 0 amide bonds. The van der Waals surface area contributed by atoms with Crippen LogP contribution in [0.25, 0.3) is 0 Å². The number of carboxylic acids is 1. The van der Waals surface area contributed by atoms with E-state index in [1.807, 2.05) is 54.6 Å². The van der Waals surface area contributed by atoms with Gasteiger partial charge in [0.2, 0.25) is 0 Å². The Bertz CT molecular complexity index is 645. The highest BCUT2D eigenvalue weighted by Crippen LogP contribution is 2.32. The second kappa shape index (κ2) is 8.93. The van der Waals surface area contributed by atoms with Gasteiger partial charge in [-0.3, -0.25) is 9.69 Å². The predicted molar refractivity (Wildman–Crippen MR) is 92.6 cm³/mol. The number of nitrogens with zero attached hydrogens (tertiary/aromatic N) is 1. The second-order valence-electron chi connectivity index (χ2n) is 5.59. The molecule has 0 aromatic heterocycles. The number of aliphatic carboxylic acids is 1. The zero-order valence-electron chi connectivity index (χ0n) is 14.0. The van der Waals surface area contributed by atoms with E-state index in [1.165, 1.54) is 0 Å². The van der Waals surface area contributed by atoms with Crippen molar-refractivity contribution in [2.45, 2.75) is 12.5 Å². The Morgan fingerprint density at radius 2 is 1.71 bits per heavy atom. The molecule has 0 aliphatic carbocycles. The number of hydrogen-bond donors (Lipinski definition) is 1. The van der Waals surface area contributed by atoms with E-state index in [-0.39, 0.29) is 12.6 Å². The molecule has 0 heterocycles. The Balaban J connectivity index is 2.13. The predicted octanol–water partition coefficient (Wildman–Crippen LogP) is 3.22. The fourth-order valence-corrected chi connectivity index (χ4v) is 2.48. The number of likely N-dealkylation sites (N-methyl/N-ethyl adjacent to an activating group) is 1. The third-order valence-corrected chi connectivity index (χ3v) is 3.69. The molecule has 2 aromatic carbocycles. The van der Waals surface area contributed by atoms with Gasteiger partial charge in [0.15, 0.2) is 11.5 Å². The van der Waals surface area contributed by atoms with E-state index in [0.29, 0.717) is 24.5 Å². The molecule has 0 bridgehead atoms. The Morgan fingerprint density at radius 3 is 2.33 bits per heavy atom. The maximum absolute atomic E-state index is 10.8. The summed E-state index contributed by atoms with van der Waals surface area (Å²) in [5.41, 5.74) is 1.05. The normalized spacial score (nSPS) is 12.0. The molecule has 0 radical (unpaired) electrons. The number of methoxy groups -OCH3 is 1. The van der Waals surface area contributed by atoms with E-state index >= 15 is 0 Å². The first-order valence-electron chi connectivity index (χ1n) is 7.85. The molecule has 128 valence electrons. The van der Waals surface area contributed by atoms with Gasteiger partial charge in [0.1, 0.15) is 6.10 Å². The van der Waals surface area contributed by atoms with Crippen molar-refractivity contribution < 1.29 is 19.4 Å². The molecular formula is C19H23NO4. The summed E-state index contributed by atoms with van der Waals surface area (Å²) < 4.78 is 11.5. The lowest BCUT2D eigenvalue weighted by Gasteiger charge is -2.23. The molecule has 0 saturated heterocycles. The number of hydrogen-bond acceptors (Lipinski definition) is 4. The van der Waals surface area contributed by atoms with Crippen LogP contribution in [0.4, 0.5) is 0 Å². The molecule has 0 saturated carbocycles. The topological polar surface area (TPSA) is 59.0 Å². The number of para-hydroxylation sites is 2. The standard InChI is InChI=1S/C19H23NO4/c1-20(14-19(21)22)13-12-16(15-8-4-3-5-9-15)24-18-11-7-6-10-17(18)23-2/h3-11,16H,12-14H2,1-2H3,(H,21,22). The summed E-state index contributed by atoms with van der Waals surface area (Å²) in [4.78, 5) is 12.6. The Morgan fingerprint density at radius 1 is 1.08 bits per heavy atom. The van der Waals surface area contributed by atoms with Crippen LogP contribution in [0, 0.1) is 0 Å². The summed E-state index contributed by atoms with van der Waals surface area (Å²) in [5.74, 6) is 0.520. The van der Waals surface area contributed by atoms with E-state index in [9.17, 15) is 4.79 Å². The largest absolute Gasteiger partial charge is 0.493 e. The van der Waals surface area contributed by atoms with Gasteiger partial charge in [-0.15, -0.1) is 0 Å². The van der Waals surface area contributed by atoms with Gasteiger partial charge in [0, 0.05) is 13.0 Å². The molecule has 24 heavy (non-hydrogen) atoms. The lowest BCUT2D eigenvalue weighted by atomic mass is 10.1. The summed E-state index contributed by atoms with van der Waals surface area (Å²) in [6.45, 7) is 0.622. The van der Waals surface area contributed by atoms with E-state index < -0.39 is 5.97 Å². The highest BCUT2D eigenvalue weighted by Gasteiger charge is 2.17. The second-order valence-corrected chi connectivity index (χ2v) is 5.59. The zero-order valence-corrected chi connectivity index (χ0v) is 14.0. The van der Waals surface area contributed by atoms with Crippen molar-refractivity contribution in [1.29, 1.82) is 0 Å². The van der Waals surface area contributed by atoms with Crippen LogP contribution in [0.1, 0.15) is 18.1 Å². The van der Waals surface area contributed by atoms with Gasteiger partial charge in [-0.2, -0.15) is 0 Å². The summed E-state index contributed by atoms with van der Waals surface area (Å²) in [5, 5.41) is 8.88. The number of rotatable bonds is 9. The minimum absolute atomic E-state index is 0.0101. The maximum atomic E-state index is 10.8. The van der Waals surface area contributed by atoms with Crippen molar-refractivity contribution in [2.24, 2.45) is 0 Å². The summed E-state index contributed by atoms with van der Waals surface area (Å²) in [7, 11) is 3.40. The molecule has 1 unspecified atom stereocenters. The van der Waals surface area contributed by atoms with Crippen LogP contribution in [0.5, 0.6) is 11.5 Å². The average molecular weight is 329 g/mol. The van der Waals surface area contributed by atoms with Crippen LogP contribution in [0.15, 0.2) is 54.6 Å². The first kappa shape index (κ1) is 17.8. The van der Waals surface area contributed by atoms with E-state index in [4.69, 9.17) is 14.6 Å². The van der Waals surface area contributed by atoms with Crippen LogP contribution in [0.3, 0.4) is 0 Å². The number of carbonyl (C=O) groups is 1. The quantitative estimate of drug-likeness (QED) is 0.765. The molecule has 2 aromatic rings. The van der Waals surface area contributed by atoms with Gasteiger partial charge < -0.3 is 14.6 Å². The highest BCUT2D eigenvalue weighted by atomic mass is 16.5. The van der Waals surface area contributed by atoms with Crippen LogP contribution in [-0.4, -0.2) is 43.2 Å². The summed E-state index contributed by atoms with van der Waals surface area (Å²) in [6.07, 6.45) is 0.491. The Labute approximate surface area is 142 Å². The number of benzene rings is 2. The molecule has 1 atom stereocenters. The van der Waals surface area contributed by atoms with Gasteiger partial charge in [0.05, 0.1) is 13.7 Å². The first-order chi connectivity index (χ1) is 11.6.